The maximum atomic E-state index is 12.7. The second-order valence-electron chi connectivity index (χ2n) is 7.95. The SMILES string of the molecule is COc1ccc(S(=O)(=O)Nc2ccc(C(=O)N[C@@H]3CC4CCC3C4)cc2)cc1OC. The van der Waals surface area contributed by atoms with Crippen molar-refractivity contribution >= 4 is 21.6 Å². The lowest BCUT2D eigenvalue weighted by Gasteiger charge is -2.22. The van der Waals surface area contributed by atoms with E-state index >= 15 is 0 Å². The molecule has 2 aromatic carbocycles. The fourth-order valence-corrected chi connectivity index (χ4v) is 5.63. The first kappa shape index (κ1) is 20.5. The Bertz CT molecular complexity index is 1040. The molecule has 2 unspecified atom stereocenters. The zero-order chi connectivity index (χ0) is 21.3. The quantitative estimate of drug-likeness (QED) is 0.702. The number of amides is 1. The predicted octanol–water partition coefficient (Wildman–Crippen LogP) is 3.42. The van der Waals surface area contributed by atoms with Crippen LogP contribution in [-0.4, -0.2) is 34.6 Å². The molecule has 160 valence electrons. The molecule has 0 spiro atoms. The third kappa shape index (κ3) is 4.09. The van der Waals surface area contributed by atoms with E-state index in [4.69, 9.17) is 9.47 Å². The summed E-state index contributed by atoms with van der Waals surface area (Å²) in [4.78, 5) is 12.6. The van der Waals surface area contributed by atoms with Crippen LogP contribution in [0.15, 0.2) is 47.4 Å². The Morgan fingerprint density at radius 2 is 1.70 bits per heavy atom. The summed E-state index contributed by atoms with van der Waals surface area (Å²) in [6.07, 6.45) is 4.78. The summed E-state index contributed by atoms with van der Waals surface area (Å²) in [5.74, 6) is 2.03. The number of sulfonamides is 1. The molecule has 0 aliphatic heterocycles. The maximum Gasteiger partial charge on any atom is 0.262 e. The zero-order valence-electron chi connectivity index (χ0n) is 17.1. The molecule has 2 fully saturated rings. The fourth-order valence-electron chi connectivity index (χ4n) is 4.56. The molecule has 0 saturated heterocycles. The Labute approximate surface area is 176 Å². The highest BCUT2D eigenvalue weighted by Gasteiger charge is 2.40. The minimum Gasteiger partial charge on any atom is -0.493 e. The molecule has 8 heteroatoms. The van der Waals surface area contributed by atoms with E-state index in [9.17, 15) is 13.2 Å². The van der Waals surface area contributed by atoms with Crippen molar-refractivity contribution < 1.29 is 22.7 Å². The third-order valence-electron chi connectivity index (χ3n) is 6.12. The number of carbonyl (C=O) groups excluding carboxylic acids is 1. The fraction of sp³-hybridized carbons (Fsp3) is 0.409. The number of benzene rings is 2. The molecule has 2 aromatic rings. The Morgan fingerprint density at radius 1 is 0.967 bits per heavy atom. The molecule has 7 nitrogen and oxygen atoms in total. The second-order valence-corrected chi connectivity index (χ2v) is 9.64. The van der Waals surface area contributed by atoms with E-state index in [-0.39, 0.29) is 16.8 Å². The van der Waals surface area contributed by atoms with E-state index in [1.54, 1.807) is 24.3 Å². The lowest BCUT2D eigenvalue weighted by molar-refractivity contribution is 0.0923. The maximum absolute atomic E-state index is 12.7. The largest absolute Gasteiger partial charge is 0.493 e. The van der Waals surface area contributed by atoms with Crippen LogP contribution in [0.3, 0.4) is 0 Å². The number of ether oxygens (including phenoxy) is 2. The first-order valence-corrected chi connectivity index (χ1v) is 11.5. The minimum atomic E-state index is -3.81. The van der Waals surface area contributed by atoms with Crippen LogP contribution in [0.4, 0.5) is 5.69 Å². The lowest BCUT2D eigenvalue weighted by Crippen LogP contribution is -2.38. The van der Waals surface area contributed by atoms with Crippen LogP contribution in [0.2, 0.25) is 0 Å². The van der Waals surface area contributed by atoms with Crippen molar-refractivity contribution in [3.05, 3.63) is 48.0 Å². The first-order chi connectivity index (χ1) is 14.4. The van der Waals surface area contributed by atoms with Crippen molar-refractivity contribution in [2.75, 3.05) is 18.9 Å². The van der Waals surface area contributed by atoms with Crippen molar-refractivity contribution in [3.63, 3.8) is 0 Å². The molecule has 0 aromatic heterocycles. The van der Waals surface area contributed by atoms with E-state index < -0.39 is 10.0 Å². The van der Waals surface area contributed by atoms with E-state index in [1.807, 2.05) is 0 Å². The molecule has 2 N–H and O–H groups in total. The van der Waals surface area contributed by atoms with Gasteiger partial charge < -0.3 is 14.8 Å². The van der Waals surface area contributed by atoms with Gasteiger partial charge in [-0.2, -0.15) is 0 Å². The number of hydrogen-bond donors (Lipinski definition) is 2. The van der Waals surface area contributed by atoms with Gasteiger partial charge in [-0.25, -0.2) is 8.42 Å². The monoisotopic (exact) mass is 430 g/mol. The Balaban J connectivity index is 1.43. The number of carbonyl (C=O) groups is 1. The minimum absolute atomic E-state index is 0.0539. The third-order valence-corrected chi connectivity index (χ3v) is 7.50. The highest BCUT2D eigenvalue weighted by atomic mass is 32.2. The number of methoxy groups -OCH3 is 2. The van der Waals surface area contributed by atoms with Crippen LogP contribution in [0.1, 0.15) is 36.0 Å². The van der Waals surface area contributed by atoms with Gasteiger partial charge >= 0.3 is 0 Å². The number of anilines is 1. The number of nitrogens with one attached hydrogen (secondary N) is 2. The Morgan fingerprint density at radius 3 is 2.30 bits per heavy atom. The van der Waals surface area contributed by atoms with Crippen LogP contribution < -0.4 is 19.5 Å². The molecule has 4 rings (SSSR count). The molecule has 2 saturated carbocycles. The number of fused-ring (bicyclic) bond motifs is 2. The van der Waals surface area contributed by atoms with Gasteiger partial charge in [0.25, 0.3) is 15.9 Å². The van der Waals surface area contributed by atoms with Gasteiger partial charge in [-0.1, -0.05) is 6.42 Å². The number of hydrogen-bond acceptors (Lipinski definition) is 5. The van der Waals surface area contributed by atoms with Gasteiger partial charge in [0.05, 0.1) is 19.1 Å². The van der Waals surface area contributed by atoms with Gasteiger partial charge in [0.2, 0.25) is 0 Å². The highest BCUT2D eigenvalue weighted by Crippen LogP contribution is 2.44. The van der Waals surface area contributed by atoms with E-state index in [2.05, 4.69) is 10.0 Å². The van der Waals surface area contributed by atoms with Crippen LogP contribution >= 0.6 is 0 Å². The summed E-state index contributed by atoms with van der Waals surface area (Å²) in [5.41, 5.74) is 0.896. The molecular formula is C22H26N2O5S. The van der Waals surface area contributed by atoms with Crippen LogP contribution in [0.5, 0.6) is 11.5 Å². The van der Waals surface area contributed by atoms with Gasteiger partial charge in [-0.15, -0.1) is 0 Å². The van der Waals surface area contributed by atoms with Crippen LogP contribution in [0, 0.1) is 11.8 Å². The first-order valence-electron chi connectivity index (χ1n) is 10.1. The summed E-state index contributed by atoms with van der Waals surface area (Å²) >= 11 is 0. The average molecular weight is 431 g/mol. The molecule has 3 atom stereocenters. The second kappa shape index (κ2) is 8.18. The zero-order valence-corrected chi connectivity index (χ0v) is 17.9. The topological polar surface area (TPSA) is 93.7 Å². The average Bonchev–Trinajstić information content (AvgIpc) is 3.36. The molecule has 30 heavy (non-hydrogen) atoms. The Hall–Kier alpha value is -2.74. The molecule has 2 aliphatic rings. The van der Waals surface area contributed by atoms with Crippen molar-refractivity contribution in [3.8, 4) is 11.5 Å². The van der Waals surface area contributed by atoms with E-state index in [0.717, 1.165) is 12.3 Å². The molecular weight excluding hydrogens is 404 g/mol. The van der Waals surface area contributed by atoms with E-state index in [1.165, 1.54) is 51.7 Å². The van der Waals surface area contributed by atoms with E-state index in [0.29, 0.717) is 28.7 Å². The highest BCUT2D eigenvalue weighted by molar-refractivity contribution is 7.92. The summed E-state index contributed by atoms with van der Waals surface area (Å²) in [6.45, 7) is 0. The van der Waals surface area contributed by atoms with Crippen molar-refractivity contribution in [1.29, 1.82) is 0 Å². The smallest absolute Gasteiger partial charge is 0.262 e. The molecule has 1 amide bonds. The van der Waals surface area contributed by atoms with Gasteiger partial charge in [-0.3, -0.25) is 9.52 Å². The van der Waals surface area contributed by atoms with Gasteiger partial charge in [0.15, 0.2) is 11.5 Å². The number of rotatable bonds is 7. The van der Waals surface area contributed by atoms with Crippen molar-refractivity contribution in [1.82, 2.24) is 5.32 Å². The van der Waals surface area contributed by atoms with Crippen molar-refractivity contribution in [2.24, 2.45) is 11.8 Å². The van der Waals surface area contributed by atoms with Gasteiger partial charge in [0, 0.05) is 23.4 Å². The Kier molecular flexibility index (Phi) is 5.60. The van der Waals surface area contributed by atoms with Gasteiger partial charge in [0.1, 0.15) is 0 Å². The van der Waals surface area contributed by atoms with Gasteiger partial charge in [-0.05, 0) is 67.5 Å². The standard InChI is InChI=1S/C22H26N2O5S/c1-28-20-10-9-18(13-21(20)29-2)30(26,27)24-17-7-5-15(6-8-17)22(25)23-19-12-14-3-4-16(19)11-14/h5-10,13-14,16,19,24H,3-4,11-12H2,1-2H3,(H,23,25)/t14?,16?,19-/m1/s1. The lowest BCUT2D eigenvalue weighted by atomic mass is 9.95. The molecule has 2 bridgehead atoms. The van der Waals surface area contributed by atoms with Crippen LogP contribution in [-0.2, 0) is 10.0 Å². The normalized spacial score (nSPS) is 22.5. The summed E-state index contributed by atoms with van der Waals surface area (Å²) in [7, 11) is -0.883. The summed E-state index contributed by atoms with van der Waals surface area (Å²) < 4.78 is 38.3. The summed E-state index contributed by atoms with van der Waals surface area (Å²) in [6, 6.07) is 11.1. The molecule has 2 aliphatic carbocycles. The van der Waals surface area contributed by atoms with Crippen LogP contribution in [0.25, 0.3) is 0 Å². The molecule has 0 heterocycles. The molecule has 0 radical (unpaired) electrons. The predicted molar refractivity (Wildman–Crippen MR) is 113 cm³/mol. The summed E-state index contributed by atoms with van der Waals surface area (Å²) in [5, 5.41) is 3.14. The van der Waals surface area contributed by atoms with Crippen molar-refractivity contribution in [2.45, 2.75) is 36.6 Å².